The van der Waals surface area contributed by atoms with E-state index in [1.807, 2.05) is 6.07 Å². The monoisotopic (exact) mass is 205 g/mol. The molecular formula is C13H19NO. The van der Waals surface area contributed by atoms with E-state index in [0.717, 1.165) is 26.1 Å². The van der Waals surface area contributed by atoms with Gasteiger partial charge in [-0.2, -0.15) is 0 Å². The van der Waals surface area contributed by atoms with E-state index in [2.05, 4.69) is 36.1 Å². The fraction of sp³-hybridized carbons (Fsp3) is 0.538. The van der Waals surface area contributed by atoms with Gasteiger partial charge in [0.05, 0.1) is 6.10 Å². The van der Waals surface area contributed by atoms with Crippen molar-refractivity contribution in [3.63, 3.8) is 0 Å². The molecule has 2 nitrogen and oxygen atoms in total. The smallest absolute Gasteiger partial charge is 0.0707 e. The third kappa shape index (κ3) is 2.58. The van der Waals surface area contributed by atoms with Gasteiger partial charge < -0.3 is 5.11 Å². The molecule has 1 aromatic rings. The second-order valence-corrected chi connectivity index (χ2v) is 4.42. The van der Waals surface area contributed by atoms with Crippen LogP contribution in [0.4, 0.5) is 0 Å². The molecule has 1 saturated heterocycles. The first-order valence-electron chi connectivity index (χ1n) is 5.74. The molecule has 1 N–H and O–H groups in total. The van der Waals surface area contributed by atoms with Gasteiger partial charge >= 0.3 is 0 Å². The summed E-state index contributed by atoms with van der Waals surface area (Å²) in [5.74, 6) is 0.466. The Morgan fingerprint density at radius 1 is 1.27 bits per heavy atom. The summed E-state index contributed by atoms with van der Waals surface area (Å²) in [5.41, 5.74) is 1.33. The molecule has 2 heteroatoms. The summed E-state index contributed by atoms with van der Waals surface area (Å²) < 4.78 is 0. The number of β-amino-alcohol motifs (C(OH)–C–C–N with tert-alkyl or cyclic N) is 1. The molecule has 1 aliphatic rings. The first kappa shape index (κ1) is 10.7. The molecule has 0 radical (unpaired) electrons. The third-order valence-electron chi connectivity index (χ3n) is 3.26. The number of rotatable bonds is 3. The lowest BCUT2D eigenvalue weighted by Crippen LogP contribution is -2.21. The Kier molecular flexibility index (Phi) is 3.39. The zero-order valence-corrected chi connectivity index (χ0v) is 9.26. The largest absolute Gasteiger partial charge is 0.391 e. The van der Waals surface area contributed by atoms with Crippen LogP contribution >= 0.6 is 0 Å². The van der Waals surface area contributed by atoms with Gasteiger partial charge in [0.25, 0.3) is 0 Å². The van der Waals surface area contributed by atoms with Crippen LogP contribution < -0.4 is 0 Å². The summed E-state index contributed by atoms with van der Waals surface area (Å²) in [6, 6.07) is 10.5. The van der Waals surface area contributed by atoms with Crippen LogP contribution in [-0.2, 0) is 6.54 Å². The van der Waals surface area contributed by atoms with Crippen LogP contribution in [0.15, 0.2) is 30.3 Å². The van der Waals surface area contributed by atoms with Gasteiger partial charge in [-0.15, -0.1) is 0 Å². The number of aliphatic hydroxyl groups is 1. The standard InChI is InChI=1S/C13H19NO/c1-2-12-9-14(10-13(12)15)8-11-6-4-3-5-7-11/h3-7,12-13,15H,2,8-10H2,1H3/t12-,13-/m0/s1. The minimum Gasteiger partial charge on any atom is -0.391 e. The van der Waals surface area contributed by atoms with Crippen LogP contribution in [0.5, 0.6) is 0 Å². The molecule has 1 heterocycles. The number of hydrogen-bond acceptors (Lipinski definition) is 2. The van der Waals surface area contributed by atoms with Crippen LogP contribution in [0.3, 0.4) is 0 Å². The number of benzene rings is 1. The molecule has 15 heavy (non-hydrogen) atoms. The highest BCUT2D eigenvalue weighted by atomic mass is 16.3. The van der Waals surface area contributed by atoms with Crippen molar-refractivity contribution in [2.24, 2.45) is 5.92 Å². The highest BCUT2D eigenvalue weighted by Crippen LogP contribution is 2.21. The van der Waals surface area contributed by atoms with Gasteiger partial charge in [0.15, 0.2) is 0 Å². The average molecular weight is 205 g/mol. The van der Waals surface area contributed by atoms with E-state index in [1.165, 1.54) is 5.56 Å². The fourth-order valence-electron chi connectivity index (χ4n) is 2.31. The van der Waals surface area contributed by atoms with E-state index in [0.29, 0.717) is 5.92 Å². The van der Waals surface area contributed by atoms with Gasteiger partial charge in [0.2, 0.25) is 0 Å². The zero-order valence-electron chi connectivity index (χ0n) is 9.26. The van der Waals surface area contributed by atoms with Crippen molar-refractivity contribution < 1.29 is 5.11 Å². The summed E-state index contributed by atoms with van der Waals surface area (Å²) in [4.78, 5) is 2.34. The predicted molar refractivity (Wildman–Crippen MR) is 61.5 cm³/mol. The summed E-state index contributed by atoms with van der Waals surface area (Å²) in [7, 11) is 0. The van der Waals surface area contributed by atoms with Crippen molar-refractivity contribution in [3.05, 3.63) is 35.9 Å². The number of aliphatic hydroxyl groups excluding tert-OH is 1. The van der Waals surface area contributed by atoms with Gasteiger partial charge in [0, 0.05) is 19.6 Å². The SMILES string of the molecule is CC[C@H]1CN(Cc2ccccc2)C[C@@H]1O. The summed E-state index contributed by atoms with van der Waals surface area (Å²) in [6.07, 6.45) is 0.950. The van der Waals surface area contributed by atoms with Crippen molar-refractivity contribution in [3.8, 4) is 0 Å². The Labute approximate surface area is 91.5 Å². The molecule has 2 rings (SSSR count). The minimum atomic E-state index is -0.126. The summed E-state index contributed by atoms with van der Waals surface area (Å²) in [5, 5.41) is 9.80. The molecule has 0 spiro atoms. The lowest BCUT2D eigenvalue weighted by Gasteiger charge is -2.14. The molecule has 1 aromatic carbocycles. The van der Waals surface area contributed by atoms with Crippen LogP contribution in [0, 0.1) is 5.92 Å². The van der Waals surface area contributed by atoms with Crippen molar-refractivity contribution in [2.75, 3.05) is 13.1 Å². The van der Waals surface area contributed by atoms with E-state index in [1.54, 1.807) is 0 Å². The average Bonchev–Trinajstić information content (AvgIpc) is 2.60. The van der Waals surface area contributed by atoms with Gasteiger partial charge in [-0.25, -0.2) is 0 Å². The molecule has 1 aliphatic heterocycles. The van der Waals surface area contributed by atoms with Gasteiger partial charge in [-0.1, -0.05) is 37.3 Å². The Bertz CT molecular complexity index is 299. The second kappa shape index (κ2) is 4.77. The predicted octanol–water partition coefficient (Wildman–Crippen LogP) is 1.89. The number of likely N-dealkylation sites (tertiary alicyclic amines) is 1. The van der Waals surface area contributed by atoms with E-state index in [4.69, 9.17) is 0 Å². The molecule has 0 aliphatic carbocycles. The first-order chi connectivity index (χ1) is 7.29. The second-order valence-electron chi connectivity index (χ2n) is 4.42. The molecule has 0 aromatic heterocycles. The minimum absolute atomic E-state index is 0.126. The van der Waals surface area contributed by atoms with Crippen LogP contribution in [-0.4, -0.2) is 29.2 Å². The lowest BCUT2D eigenvalue weighted by atomic mass is 10.0. The van der Waals surface area contributed by atoms with Crippen LogP contribution in [0.25, 0.3) is 0 Å². The van der Waals surface area contributed by atoms with Crippen molar-refractivity contribution in [1.82, 2.24) is 4.90 Å². The Balaban J connectivity index is 1.92. The Hall–Kier alpha value is -0.860. The molecule has 0 amide bonds. The molecule has 0 bridgehead atoms. The summed E-state index contributed by atoms with van der Waals surface area (Å²) in [6.45, 7) is 4.98. The van der Waals surface area contributed by atoms with Gasteiger partial charge in [-0.3, -0.25) is 4.90 Å². The van der Waals surface area contributed by atoms with Crippen LogP contribution in [0.2, 0.25) is 0 Å². The van der Waals surface area contributed by atoms with Crippen molar-refractivity contribution >= 4 is 0 Å². The lowest BCUT2D eigenvalue weighted by molar-refractivity contribution is 0.139. The maximum atomic E-state index is 9.80. The van der Waals surface area contributed by atoms with E-state index >= 15 is 0 Å². The topological polar surface area (TPSA) is 23.5 Å². The van der Waals surface area contributed by atoms with E-state index < -0.39 is 0 Å². The number of hydrogen-bond donors (Lipinski definition) is 1. The van der Waals surface area contributed by atoms with Gasteiger partial charge in [0.1, 0.15) is 0 Å². The molecular weight excluding hydrogens is 186 g/mol. The first-order valence-corrected chi connectivity index (χ1v) is 5.74. The quantitative estimate of drug-likeness (QED) is 0.814. The number of nitrogens with zero attached hydrogens (tertiary/aromatic N) is 1. The third-order valence-corrected chi connectivity index (χ3v) is 3.26. The van der Waals surface area contributed by atoms with Crippen molar-refractivity contribution in [2.45, 2.75) is 26.0 Å². The highest BCUT2D eigenvalue weighted by Gasteiger charge is 2.29. The molecule has 0 saturated carbocycles. The van der Waals surface area contributed by atoms with Crippen molar-refractivity contribution in [1.29, 1.82) is 0 Å². The van der Waals surface area contributed by atoms with E-state index in [9.17, 15) is 5.11 Å². The van der Waals surface area contributed by atoms with E-state index in [-0.39, 0.29) is 6.10 Å². The normalized spacial score (nSPS) is 27.1. The van der Waals surface area contributed by atoms with Gasteiger partial charge in [-0.05, 0) is 17.9 Å². The molecule has 82 valence electrons. The summed E-state index contributed by atoms with van der Waals surface area (Å²) >= 11 is 0. The molecule has 0 unspecified atom stereocenters. The fourth-order valence-corrected chi connectivity index (χ4v) is 2.31. The Morgan fingerprint density at radius 2 is 2.00 bits per heavy atom. The Morgan fingerprint density at radius 3 is 2.60 bits per heavy atom. The maximum absolute atomic E-state index is 9.80. The van der Waals surface area contributed by atoms with Crippen LogP contribution in [0.1, 0.15) is 18.9 Å². The molecule has 2 atom stereocenters. The molecule has 1 fully saturated rings. The maximum Gasteiger partial charge on any atom is 0.0707 e. The highest BCUT2D eigenvalue weighted by molar-refractivity contribution is 5.14. The zero-order chi connectivity index (χ0) is 10.7.